The molecule has 1 N–H and O–H groups in total. The van der Waals surface area contributed by atoms with Gasteiger partial charge in [0.25, 0.3) is 0 Å². The summed E-state index contributed by atoms with van der Waals surface area (Å²) >= 11 is 8.94. The van der Waals surface area contributed by atoms with Crippen LogP contribution in [0.25, 0.3) is 0 Å². The maximum atomic E-state index is 9.77. The average molecular weight is 317 g/mol. The Hall–Kier alpha value is -0.660. The Kier molecular flexibility index (Phi) is 6.06. The summed E-state index contributed by atoms with van der Waals surface area (Å²) in [5, 5.41) is 18.1. The molecule has 2 rings (SSSR count). The zero-order valence-electron chi connectivity index (χ0n) is 10.0. The predicted octanol–water partition coefficient (Wildman–Crippen LogP) is 2.86. The van der Waals surface area contributed by atoms with Gasteiger partial charge in [-0.3, -0.25) is 0 Å². The molecular weight excluding hydrogens is 304 g/mol. The summed E-state index contributed by atoms with van der Waals surface area (Å²) < 4.78 is 6.30. The molecule has 1 heterocycles. The number of aliphatic hydroxyl groups is 1. The van der Waals surface area contributed by atoms with Crippen molar-refractivity contribution in [2.75, 3.05) is 12.4 Å². The van der Waals surface area contributed by atoms with Crippen LogP contribution in [0.2, 0.25) is 5.02 Å². The SMILES string of the molecule is OC(COCc1ccccc1Cl)CSc1nncs1. The maximum absolute atomic E-state index is 9.77. The number of halogens is 1. The molecule has 1 aromatic carbocycles. The maximum Gasteiger partial charge on any atom is 0.174 e. The minimum absolute atomic E-state index is 0.275. The van der Waals surface area contributed by atoms with Gasteiger partial charge < -0.3 is 9.84 Å². The Labute approximate surface area is 124 Å². The van der Waals surface area contributed by atoms with Crippen LogP contribution in [0.15, 0.2) is 34.1 Å². The van der Waals surface area contributed by atoms with E-state index in [9.17, 15) is 5.11 Å². The lowest BCUT2D eigenvalue weighted by Gasteiger charge is -2.10. The summed E-state index contributed by atoms with van der Waals surface area (Å²) in [6.45, 7) is 0.678. The predicted molar refractivity (Wildman–Crippen MR) is 77.7 cm³/mol. The molecule has 0 bridgehead atoms. The quantitative estimate of drug-likeness (QED) is 0.796. The highest BCUT2D eigenvalue weighted by molar-refractivity contribution is 8.01. The number of ether oxygens (including phenoxy) is 1. The lowest BCUT2D eigenvalue weighted by molar-refractivity contribution is 0.0398. The van der Waals surface area contributed by atoms with Crippen molar-refractivity contribution >= 4 is 34.7 Å². The zero-order chi connectivity index (χ0) is 13.5. The van der Waals surface area contributed by atoms with Gasteiger partial charge >= 0.3 is 0 Å². The van der Waals surface area contributed by atoms with Crippen LogP contribution in [-0.4, -0.2) is 33.8 Å². The van der Waals surface area contributed by atoms with Crippen molar-refractivity contribution in [3.63, 3.8) is 0 Å². The van der Waals surface area contributed by atoms with Gasteiger partial charge in [-0.1, -0.05) is 52.9 Å². The van der Waals surface area contributed by atoms with Gasteiger partial charge in [0, 0.05) is 10.8 Å². The molecular formula is C12H13ClN2O2S2. The Morgan fingerprint density at radius 3 is 3.00 bits per heavy atom. The number of thioether (sulfide) groups is 1. The number of aliphatic hydroxyl groups excluding tert-OH is 1. The topological polar surface area (TPSA) is 55.2 Å². The molecule has 19 heavy (non-hydrogen) atoms. The van der Waals surface area contributed by atoms with Crippen LogP contribution in [0, 0.1) is 0 Å². The molecule has 7 heteroatoms. The molecule has 0 radical (unpaired) electrons. The third kappa shape index (κ3) is 5.08. The van der Waals surface area contributed by atoms with E-state index in [1.807, 2.05) is 24.3 Å². The molecule has 1 atom stereocenters. The third-order valence-corrected chi connectivity index (χ3v) is 4.64. The highest BCUT2D eigenvalue weighted by Crippen LogP contribution is 2.20. The molecule has 4 nitrogen and oxygen atoms in total. The standard InChI is InChI=1S/C12H13ClN2O2S2/c13-11-4-2-1-3-9(11)5-17-6-10(16)7-18-12-15-14-8-19-12/h1-4,8,10,16H,5-7H2. The molecule has 0 saturated heterocycles. The van der Waals surface area contributed by atoms with Crippen molar-refractivity contribution in [1.29, 1.82) is 0 Å². The van der Waals surface area contributed by atoms with E-state index in [0.29, 0.717) is 17.4 Å². The first-order chi connectivity index (χ1) is 9.25. The summed E-state index contributed by atoms with van der Waals surface area (Å²) in [4.78, 5) is 0. The zero-order valence-corrected chi connectivity index (χ0v) is 12.4. The van der Waals surface area contributed by atoms with E-state index in [-0.39, 0.29) is 6.61 Å². The Morgan fingerprint density at radius 2 is 2.26 bits per heavy atom. The molecule has 0 amide bonds. The normalized spacial score (nSPS) is 12.5. The van der Waals surface area contributed by atoms with Crippen molar-refractivity contribution < 1.29 is 9.84 Å². The summed E-state index contributed by atoms with van der Waals surface area (Å²) in [6.07, 6.45) is -0.531. The van der Waals surface area contributed by atoms with Gasteiger partial charge in [0.15, 0.2) is 4.34 Å². The van der Waals surface area contributed by atoms with E-state index in [1.165, 1.54) is 23.1 Å². The second-order valence-electron chi connectivity index (χ2n) is 3.78. The Morgan fingerprint density at radius 1 is 1.42 bits per heavy atom. The van der Waals surface area contributed by atoms with Crippen molar-refractivity contribution in [2.24, 2.45) is 0 Å². The number of benzene rings is 1. The molecule has 0 fully saturated rings. The van der Waals surface area contributed by atoms with Crippen molar-refractivity contribution in [3.8, 4) is 0 Å². The van der Waals surface area contributed by atoms with Crippen LogP contribution >= 0.6 is 34.7 Å². The third-order valence-electron chi connectivity index (χ3n) is 2.26. The summed E-state index contributed by atoms with van der Waals surface area (Å²) in [5.41, 5.74) is 2.59. The minimum atomic E-state index is -0.531. The molecule has 0 spiro atoms. The van der Waals surface area contributed by atoms with Gasteiger partial charge in [-0.2, -0.15) is 0 Å². The molecule has 0 aliphatic rings. The van der Waals surface area contributed by atoms with Crippen LogP contribution in [0.4, 0.5) is 0 Å². The highest BCUT2D eigenvalue weighted by atomic mass is 35.5. The second-order valence-corrected chi connectivity index (χ2v) is 6.28. The largest absolute Gasteiger partial charge is 0.390 e. The van der Waals surface area contributed by atoms with Crippen molar-refractivity contribution in [3.05, 3.63) is 40.4 Å². The summed E-state index contributed by atoms with van der Waals surface area (Å²) in [5.74, 6) is 0.539. The molecule has 0 saturated carbocycles. The number of rotatable bonds is 7. The lowest BCUT2D eigenvalue weighted by Crippen LogP contribution is -2.17. The van der Waals surface area contributed by atoms with Crippen LogP contribution < -0.4 is 0 Å². The van der Waals surface area contributed by atoms with Gasteiger partial charge in [-0.05, 0) is 11.6 Å². The molecule has 2 aromatic rings. The van der Waals surface area contributed by atoms with Gasteiger partial charge in [0.2, 0.25) is 0 Å². The van der Waals surface area contributed by atoms with Gasteiger partial charge in [-0.15, -0.1) is 10.2 Å². The summed E-state index contributed by atoms with van der Waals surface area (Å²) in [7, 11) is 0. The van der Waals surface area contributed by atoms with Crippen LogP contribution in [0.3, 0.4) is 0 Å². The van der Waals surface area contributed by atoms with Gasteiger partial charge in [0.05, 0.1) is 19.3 Å². The minimum Gasteiger partial charge on any atom is -0.390 e. The molecule has 102 valence electrons. The van der Waals surface area contributed by atoms with E-state index < -0.39 is 6.10 Å². The van der Waals surface area contributed by atoms with Gasteiger partial charge in [-0.25, -0.2) is 0 Å². The fourth-order valence-electron chi connectivity index (χ4n) is 1.36. The van der Waals surface area contributed by atoms with Crippen LogP contribution in [0.1, 0.15) is 5.56 Å². The second kappa shape index (κ2) is 7.81. The fourth-order valence-corrected chi connectivity index (χ4v) is 2.97. The van der Waals surface area contributed by atoms with E-state index >= 15 is 0 Å². The molecule has 0 aliphatic heterocycles. The smallest absolute Gasteiger partial charge is 0.174 e. The van der Waals surface area contributed by atoms with Crippen molar-refractivity contribution in [2.45, 2.75) is 17.1 Å². The van der Waals surface area contributed by atoms with Crippen molar-refractivity contribution in [1.82, 2.24) is 10.2 Å². The summed E-state index contributed by atoms with van der Waals surface area (Å²) in [6, 6.07) is 7.51. The van der Waals surface area contributed by atoms with Gasteiger partial charge in [0.1, 0.15) is 5.51 Å². The Balaban J connectivity index is 1.66. The fraction of sp³-hybridized carbons (Fsp3) is 0.333. The monoisotopic (exact) mass is 316 g/mol. The molecule has 1 aromatic heterocycles. The number of nitrogens with zero attached hydrogens (tertiary/aromatic N) is 2. The first kappa shape index (κ1) is 14.7. The van der Waals surface area contributed by atoms with Crippen LogP contribution in [0.5, 0.6) is 0 Å². The first-order valence-corrected chi connectivity index (χ1v) is 7.88. The number of hydrogen-bond acceptors (Lipinski definition) is 6. The molecule has 1 unspecified atom stereocenters. The Bertz CT molecular complexity index is 496. The van der Waals surface area contributed by atoms with E-state index in [2.05, 4.69) is 10.2 Å². The average Bonchev–Trinajstić information content (AvgIpc) is 2.92. The first-order valence-electron chi connectivity index (χ1n) is 5.64. The van der Waals surface area contributed by atoms with E-state index in [4.69, 9.17) is 16.3 Å². The van der Waals surface area contributed by atoms with E-state index in [0.717, 1.165) is 9.90 Å². The number of hydrogen-bond donors (Lipinski definition) is 1. The number of aromatic nitrogens is 2. The van der Waals surface area contributed by atoms with E-state index in [1.54, 1.807) is 5.51 Å². The van der Waals surface area contributed by atoms with Crippen LogP contribution in [-0.2, 0) is 11.3 Å². The highest BCUT2D eigenvalue weighted by Gasteiger charge is 2.08. The molecule has 0 aliphatic carbocycles. The lowest BCUT2D eigenvalue weighted by atomic mass is 10.2.